The quantitative estimate of drug-likeness (QED) is 0.886. The summed E-state index contributed by atoms with van der Waals surface area (Å²) in [7, 11) is 1.78. The Bertz CT molecular complexity index is 562. The van der Waals surface area contributed by atoms with Gasteiger partial charge in [0.2, 0.25) is 0 Å². The maximum Gasteiger partial charge on any atom is 0.270 e. The van der Waals surface area contributed by atoms with Crippen LogP contribution in [-0.4, -0.2) is 29.4 Å². The molecular formula is C14H17FN2O. The summed E-state index contributed by atoms with van der Waals surface area (Å²) < 4.78 is 13.1. The molecule has 1 heterocycles. The molecule has 0 fully saturated rings. The van der Waals surface area contributed by atoms with Gasteiger partial charge < -0.3 is 9.88 Å². The fourth-order valence-corrected chi connectivity index (χ4v) is 1.92. The highest BCUT2D eigenvalue weighted by Gasteiger charge is 2.13. The molecule has 0 aliphatic heterocycles. The van der Waals surface area contributed by atoms with E-state index in [1.807, 2.05) is 0 Å². The number of hydrogen-bond acceptors (Lipinski definition) is 1. The van der Waals surface area contributed by atoms with Gasteiger partial charge in [-0.2, -0.15) is 0 Å². The van der Waals surface area contributed by atoms with E-state index in [-0.39, 0.29) is 11.7 Å². The predicted octanol–water partition coefficient (Wildman–Crippen LogP) is 3.18. The number of halogens is 1. The van der Waals surface area contributed by atoms with Crippen LogP contribution in [0.4, 0.5) is 4.39 Å². The number of unbranched alkanes of at least 4 members (excludes halogenated alkanes) is 1. The lowest BCUT2D eigenvalue weighted by atomic mass is 10.2. The summed E-state index contributed by atoms with van der Waals surface area (Å²) >= 11 is 0. The van der Waals surface area contributed by atoms with Gasteiger partial charge in [0.15, 0.2) is 0 Å². The minimum Gasteiger partial charge on any atom is -0.351 e. The first-order valence-electron chi connectivity index (χ1n) is 6.15. The van der Waals surface area contributed by atoms with Crippen molar-refractivity contribution in [2.75, 3.05) is 13.6 Å². The fraction of sp³-hybridized carbons (Fsp3) is 0.357. The van der Waals surface area contributed by atoms with Crippen LogP contribution in [0.5, 0.6) is 0 Å². The Morgan fingerprint density at radius 1 is 1.39 bits per heavy atom. The Balaban J connectivity index is 2.22. The van der Waals surface area contributed by atoms with Gasteiger partial charge in [-0.05, 0) is 30.7 Å². The SMILES string of the molecule is CCCCN(C)C(=O)c1cc2cc(F)ccc2[nH]1. The van der Waals surface area contributed by atoms with Crippen molar-refractivity contribution in [3.8, 4) is 0 Å². The van der Waals surface area contributed by atoms with E-state index in [2.05, 4.69) is 11.9 Å². The van der Waals surface area contributed by atoms with Crippen molar-refractivity contribution in [3.05, 3.63) is 35.8 Å². The van der Waals surface area contributed by atoms with E-state index in [4.69, 9.17) is 0 Å². The number of H-pyrrole nitrogens is 1. The molecule has 18 heavy (non-hydrogen) atoms. The number of fused-ring (bicyclic) bond motifs is 1. The molecule has 0 saturated heterocycles. The highest BCUT2D eigenvalue weighted by Crippen LogP contribution is 2.17. The van der Waals surface area contributed by atoms with Gasteiger partial charge in [-0.3, -0.25) is 4.79 Å². The minimum absolute atomic E-state index is 0.0555. The van der Waals surface area contributed by atoms with Crippen LogP contribution in [0.1, 0.15) is 30.3 Å². The number of carbonyl (C=O) groups is 1. The van der Waals surface area contributed by atoms with Crippen LogP contribution >= 0.6 is 0 Å². The average molecular weight is 248 g/mol. The normalized spacial score (nSPS) is 10.8. The molecule has 0 radical (unpaired) electrons. The summed E-state index contributed by atoms with van der Waals surface area (Å²) in [5.41, 5.74) is 1.29. The van der Waals surface area contributed by atoms with Crippen molar-refractivity contribution in [2.45, 2.75) is 19.8 Å². The number of rotatable bonds is 4. The van der Waals surface area contributed by atoms with E-state index in [1.54, 1.807) is 24.1 Å². The summed E-state index contributed by atoms with van der Waals surface area (Å²) in [6.07, 6.45) is 2.03. The second kappa shape index (κ2) is 5.21. The predicted molar refractivity (Wildman–Crippen MR) is 70.1 cm³/mol. The number of amides is 1. The van der Waals surface area contributed by atoms with Gasteiger partial charge in [0.05, 0.1) is 0 Å². The molecule has 3 nitrogen and oxygen atoms in total. The van der Waals surface area contributed by atoms with Gasteiger partial charge in [0, 0.05) is 24.5 Å². The fourth-order valence-electron chi connectivity index (χ4n) is 1.92. The Morgan fingerprint density at radius 3 is 2.89 bits per heavy atom. The van der Waals surface area contributed by atoms with Crippen molar-refractivity contribution < 1.29 is 9.18 Å². The van der Waals surface area contributed by atoms with Crippen LogP contribution in [0.15, 0.2) is 24.3 Å². The third-order valence-corrected chi connectivity index (χ3v) is 3.01. The second-order valence-corrected chi connectivity index (χ2v) is 4.49. The summed E-state index contributed by atoms with van der Waals surface area (Å²) in [5, 5.41) is 0.724. The zero-order valence-electron chi connectivity index (χ0n) is 10.7. The van der Waals surface area contributed by atoms with Crippen molar-refractivity contribution in [1.82, 2.24) is 9.88 Å². The number of nitrogens with zero attached hydrogens (tertiary/aromatic N) is 1. The minimum atomic E-state index is -0.292. The molecule has 0 spiro atoms. The summed E-state index contributed by atoms with van der Waals surface area (Å²) in [5.74, 6) is -0.347. The van der Waals surface area contributed by atoms with E-state index in [1.165, 1.54) is 12.1 Å². The van der Waals surface area contributed by atoms with Crippen LogP contribution in [0.3, 0.4) is 0 Å². The highest BCUT2D eigenvalue weighted by molar-refractivity contribution is 5.97. The number of hydrogen-bond donors (Lipinski definition) is 1. The molecule has 0 saturated carbocycles. The lowest BCUT2D eigenvalue weighted by Crippen LogP contribution is -2.27. The van der Waals surface area contributed by atoms with E-state index < -0.39 is 0 Å². The molecule has 0 atom stereocenters. The third kappa shape index (κ3) is 2.53. The van der Waals surface area contributed by atoms with Crippen molar-refractivity contribution in [2.24, 2.45) is 0 Å². The Kier molecular flexibility index (Phi) is 3.65. The molecule has 1 N–H and O–H groups in total. The Labute approximate surface area is 106 Å². The molecule has 2 aromatic rings. The zero-order valence-corrected chi connectivity index (χ0v) is 10.7. The highest BCUT2D eigenvalue weighted by atomic mass is 19.1. The summed E-state index contributed by atoms with van der Waals surface area (Å²) in [4.78, 5) is 16.8. The Morgan fingerprint density at radius 2 is 2.17 bits per heavy atom. The molecule has 1 aromatic heterocycles. The molecule has 4 heteroatoms. The van der Waals surface area contributed by atoms with E-state index in [9.17, 15) is 9.18 Å². The van der Waals surface area contributed by atoms with Gasteiger partial charge in [-0.25, -0.2) is 4.39 Å². The summed E-state index contributed by atoms with van der Waals surface area (Å²) in [6.45, 7) is 2.82. The van der Waals surface area contributed by atoms with E-state index in [0.717, 1.165) is 30.3 Å². The van der Waals surface area contributed by atoms with Crippen LogP contribution < -0.4 is 0 Å². The van der Waals surface area contributed by atoms with Crippen molar-refractivity contribution >= 4 is 16.8 Å². The maximum absolute atomic E-state index is 13.1. The molecular weight excluding hydrogens is 231 g/mol. The van der Waals surface area contributed by atoms with E-state index >= 15 is 0 Å². The molecule has 1 amide bonds. The topological polar surface area (TPSA) is 36.1 Å². The third-order valence-electron chi connectivity index (χ3n) is 3.01. The largest absolute Gasteiger partial charge is 0.351 e. The van der Waals surface area contributed by atoms with Gasteiger partial charge in [0.1, 0.15) is 11.5 Å². The summed E-state index contributed by atoms with van der Waals surface area (Å²) in [6, 6.07) is 6.15. The standard InChI is InChI=1S/C14H17FN2O/c1-3-4-7-17(2)14(18)13-9-10-8-11(15)5-6-12(10)16-13/h5-6,8-9,16H,3-4,7H2,1-2H3. The lowest BCUT2D eigenvalue weighted by Gasteiger charge is -2.15. The maximum atomic E-state index is 13.1. The average Bonchev–Trinajstić information content (AvgIpc) is 2.77. The first-order chi connectivity index (χ1) is 8.61. The number of carbonyl (C=O) groups excluding carboxylic acids is 1. The number of nitrogens with one attached hydrogen (secondary N) is 1. The van der Waals surface area contributed by atoms with Crippen molar-refractivity contribution in [1.29, 1.82) is 0 Å². The molecule has 1 aromatic carbocycles. The molecule has 2 rings (SSSR count). The lowest BCUT2D eigenvalue weighted by molar-refractivity contribution is 0.0788. The molecule has 0 unspecified atom stereocenters. The van der Waals surface area contributed by atoms with Crippen LogP contribution in [0, 0.1) is 5.82 Å². The van der Waals surface area contributed by atoms with E-state index in [0.29, 0.717) is 5.69 Å². The second-order valence-electron chi connectivity index (χ2n) is 4.49. The van der Waals surface area contributed by atoms with Crippen LogP contribution in [-0.2, 0) is 0 Å². The van der Waals surface area contributed by atoms with Crippen LogP contribution in [0.25, 0.3) is 10.9 Å². The molecule has 0 aliphatic carbocycles. The monoisotopic (exact) mass is 248 g/mol. The van der Waals surface area contributed by atoms with Gasteiger partial charge in [0.25, 0.3) is 5.91 Å². The molecule has 0 aliphatic rings. The van der Waals surface area contributed by atoms with Gasteiger partial charge >= 0.3 is 0 Å². The number of benzene rings is 1. The smallest absolute Gasteiger partial charge is 0.270 e. The molecule has 96 valence electrons. The Hall–Kier alpha value is -1.84. The van der Waals surface area contributed by atoms with Crippen LogP contribution in [0.2, 0.25) is 0 Å². The zero-order chi connectivity index (χ0) is 13.1. The first-order valence-corrected chi connectivity index (χ1v) is 6.15. The van der Waals surface area contributed by atoms with Crippen molar-refractivity contribution in [3.63, 3.8) is 0 Å². The number of aromatic amines is 1. The van der Waals surface area contributed by atoms with Gasteiger partial charge in [-0.15, -0.1) is 0 Å². The molecule has 0 bridgehead atoms. The number of aromatic nitrogens is 1. The van der Waals surface area contributed by atoms with Gasteiger partial charge in [-0.1, -0.05) is 13.3 Å². The first kappa shape index (κ1) is 12.6.